The highest BCUT2D eigenvalue weighted by Gasteiger charge is 2.08. The van der Waals surface area contributed by atoms with Crippen LogP contribution in [0, 0.1) is 0 Å². The van der Waals surface area contributed by atoms with Crippen LogP contribution in [0.2, 0.25) is 5.02 Å². The van der Waals surface area contributed by atoms with Crippen molar-refractivity contribution in [3.63, 3.8) is 0 Å². The standard InChI is InChI=1S/C9H6ClNOS/c10-7-8(13-11-9(7)12)6-4-2-1-3-5-6/h1-5H,(H,11,12). The van der Waals surface area contributed by atoms with E-state index in [1.807, 2.05) is 30.3 Å². The summed E-state index contributed by atoms with van der Waals surface area (Å²) in [5.41, 5.74) is 0.751. The molecule has 0 saturated carbocycles. The first-order valence-corrected chi connectivity index (χ1v) is 4.91. The fraction of sp³-hybridized carbons (Fsp3) is 0. The minimum absolute atomic E-state index is 0.217. The largest absolute Gasteiger partial charge is 0.277 e. The number of rotatable bonds is 1. The van der Waals surface area contributed by atoms with Crippen molar-refractivity contribution in [2.45, 2.75) is 0 Å². The second kappa shape index (κ2) is 3.36. The minimum Gasteiger partial charge on any atom is -0.276 e. The SMILES string of the molecule is O=c1[nH]sc(-c2ccccc2)c1Cl. The quantitative estimate of drug-likeness (QED) is 0.773. The van der Waals surface area contributed by atoms with Gasteiger partial charge in [-0.3, -0.25) is 9.17 Å². The molecule has 0 aliphatic heterocycles. The van der Waals surface area contributed by atoms with Gasteiger partial charge in [-0.1, -0.05) is 53.5 Å². The highest BCUT2D eigenvalue weighted by Crippen LogP contribution is 2.27. The summed E-state index contributed by atoms with van der Waals surface area (Å²) in [6.45, 7) is 0. The lowest BCUT2D eigenvalue weighted by Crippen LogP contribution is -1.96. The van der Waals surface area contributed by atoms with E-state index >= 15 is 0 Å². The Bertz CT molecular complexity index is 460. The molecular formula is C9H6ClNOS. The topological polar surface area (TPSA) is 32.9 Å². The average Bonchev–Trinajstić information content (AvgIpc) is 2.49. The van der Waals surface area contributed by atoms with Gasteiger partial charge in [0.2, 0.25) is 0 Å². The summed E-state index contributed by atoms with van der Waals surface area (Å²) in [4.78, 5) is 11.8. The Morgan fingerprint density at radius 1 is 1.23 bits per heavy atom. The van der Waals surface area contributed by atoms with Crippen molar-refractivity contribution in [1.29, 1.82) is 0 Å². The maximum Gasteiger partial charge on any atom is 0.277 e. The third-order valence-corrected chi connectivity index (χ3v) is 3.08. The van der Waals surface area contributed by atoms with Crippen molar-refractivity contribution in [3.05, 3.63) is 45.7 Å². The molecule has 0 aliphatic carbocycles. The monoisotopic (exact) mass is 211 g/mol. The normalized spacial score (nSPS) is 10.2. The number of H-pyrrole nitrogens is 1. The molecular weight excluding hydrogens is 206 g/mol. The van der Waals surface area contributed by atoms with Crippen LogP contribution in [0.1, 0.15) is 0 Å². The van der Waals surface area contributed by atoms with Crippen molar-refractivity contribution in [2.24, 2.45) is 0 Å². The van der Waals surface area contributed by atoms with Gasteiger partial charge in [-0.2, -0.15) is 0 Å². The maximum absolute atomic E-state index is 11.0. The number of hydrogen-bond acceptors (Lipinski definition) is 2. The second-order valence-electron chi connectivity index (χ2n) is 2.54. The summed E-state index contributed by atoms with van der Waals surface area (Å²) >= 11 is 7.07. The number of aromatic amines is 1. The van der Waals surface area contributed by atoms with Crippen molar-refractivity contribution < 1.29 is 0 Å². The summed E-state index contributed by atoms with van der Waals surface area (Å²) in [7, 11) is 0. The lowest BCUT2D eigenvalue weighted by molar-refractivity contribution is 1.43. The van der Waals surface area contributed by atoms with Gasteiger partial charge in [-0.25, -0.2) is 0 Å². The van der Waals surface area contributed by atoms with Crippen molar-refractivity contribution in [2.75, 3.05) is 0 Å². The van der Waals surface area contributed by atoms with E-state index in [-0.39, 0.29) is 10.6 Å². The van der Waals surface area contributed by atoms with Crippen LogP contribution in [0.4, 0.5) is 0 Å². The van der Waals surface area contributed by atoms with Gasteiger partial charge < -0.3 is 0 Å². The maximum atomic E-state index is 11.0. The van der Waals surface area contributed by atoms with Crippen LogP contribution in [0.3, 0.4) is 0 Å². The van der Waals surface area contributed by atoms with Crippen LogP contribution in [0.5, 0.6) is 0 Å². The predicted octanol–water partition coefficient (Wildman–Crippen LogP) is 2.76. The molecule has 4 heteroatoms. The van der Waals surface area contributed by atoms with Crippen LogP contribution in [-0.4, -0.2) is 4.37 Å². The zero-order valence-electron chi connectivity index (χ0n) is 6.58. The van der Waals surface area contributed by atoms with Gasteiger partial charge in [-0.05, 0) is 5.56 Å². The summed E-state index contributed by atoms with van der Waals surface area (Å²) in [6.07, 6.45) is 0. The molecule has 0 aliphatic rings. The Labute approximate surface area is 84.0 Å². The van der Waals surface area contributed by atoms with E-state index in [1.54, 1.807) is 0 Å². The number of nitrogens with one attached hydrogen (secondary N) is 1. The lowest BCUT2D eigenvalue weighted by Gasteiger charge is -1.94. The summed E-state index contributed by atoms with van der Waals surface area (Å²) < 4.78 is 2.59. The van der Waals surface area contributed by atoms with E-state index in [2.05, 4.69) is 4.37 Å². The molecule has 0 radical (unpaired) electrons. The molecule has 1 heterocycles. The van der Waals surface area contributed by atoms with Crippen LogP contribution < -0.4 is 5.56 Å². The molecule has 2 nitrogen and oxygen atoms in total. The zero-order chi connectivity index (χ0) is 9.26. The Hall–Kier alpha value is -1.06. The van der Waals surface area contributed by atoms with Crippen molar-refractivity contribution in [3.8, 4) is 10.4 Å². The molecule has 13 heavy (non-hydrogen) atoms. The first-order chi connectivity index (χ1) is 6.29. The minimum atomic E-state index is -0.217. The highest BCUT2D eigenvalue weighted by molar-refractivity contribution is 7.10. The molecule has 0 bridgehead atoms. The molecule has 1 aromatic heterocycles. The molecule has 0 spiro atoms. The van der Waals surface area contributed by atoms with Crippen molar-refractivity contribution >= 4 is 23.1 Å². The molecule has 0 saturated heterocycles. The van der Waals surface area contributed by atoms with Crippen LogP contribution in [0.25, 0.3) is 10.4 Å². The third kappa shape index (κ3) is 1.53. The Morgan fingerprint density at radius 3 is 2.46 bits per heavy atom. The van der Waals surface area contributed by atoms with Gasteiger partial charge in [0.1, 0.15) is 5.02 Å². The Balaban J connectivity index is 2.60. The fourth-order valence-electron chi connectivity index (χ4n) is 1.07. The smallest absolute Gasteiger partial charge is 0.276 e. The first kappa shape index (κ1) is 8.53. The molecule has 2 rings (SSSR count). The molecule has 0 fully saturated rings. The van der Waals surface area contributed by atoms with Gasteiger partial charge in [-0.15, -0.1) is 0 Å². The van der Waals surface area contributed by atoms with Gasteiger partial charge in [0.25, 0.3) is 5.56 Å². The lowest BCUT2D eigenvalue weighted by atomic mass is 10.2. The Kier molecular flexibility index (Phi) is 2.20. The van der Waals surface area contributed by atoms with E-state index in [0.717, 1.165) is 10.4 Å². The fourth-order valence-corrected chi connectivity index (χ4v) is 2.13. The second-order valence-corrected chi connectivity index (χ2v) is 3.74. The zero-order valence-corrected chi connectivity index (χ0v) is 8.15. The van der Waals surface area contributed by atoms with Gasteiger partial charge in [0.05, 0.1) is 4.88 Å². The number of hydrogen-bond donors (Lipinski definition) is 1. The number of benzene rings is 1. The molecule has 0 amide bonds. The van der Waals surface area contributed by atoms with Crippen molar-refractivity contribution in [1.82, 2.24) is 4.37 Å². The average molecular weight is 212 g/mol. The summed E-state index contributed by atoms with van der Waals surface area (Å²) in [5, 5.41) is 0.274. The molecule has 1 N–H and O–H groups in total. The van der Waals surface area contributed by atoms with E-state index < -0.39 is 0 Å². The van der Waals surface area contributed by atoms with Crippen LogP contribution in [0.15, 0.2) is 35.1 Å². The predicted molar refractivity (Wildman–Crippen MR) is 55.4 cm³/mol. The highest BCUT2D eigenvalue weighted by atomic mass is 35.5. The van der Waals surface area contributed by atoms with Gasteiger partial charge in [0.15, 0.2) is 0 Å². The van der Waals surface area contributed by atoms with E-state index in [9.17, 15) is 4.79 Å². The summed E-state index contributed by atoms with van der Waals surface area (Å²) in [6, 6.07) is 9.59. The molecule has 0 unspecified atom stereocenters. The van der Waals surface area contributed by atoms with Gasteiger partial charge in [0, 0.05) is 0 Å². The van der Waals surface area contributed by atoms with E-state index in [1.165, 1.54) is 11.5 Å². The number of aromatic nitrogens is 1. The molecule has 66 valence electrons. The molecule has 2 aromatic rings. The summed E-state index contributed by atoms with van der Waals surface area (Å²) in [5.74, 6) is 0. The molecule has 0 atom stereocenters. The third-order valence-electron chi connectivity index (χ3n) is 1.68. The van der Waals surface area contributed by atoms with Gasteiger partial charge >= 0.3 is 0 Å². The molecule has 1 aromatic carbocycles. The Morgan fingerprint density at radius 2 is 1.92 bits per heavy atom. The van der Waals surface area contributed by atoms with Crippen LogP contribution >= 0.6 is 23.1 Å². The number of halogens is 1. The first-order valence-electron chi connectivity index (χ1n) is 3.71. The van der Waals surface area contributed by atoms with E-state index in [0.29, 0.717) is 0 Å². The van der Waals surface area contributed by atoms with Crippen LogP contribution in [-0.2, 0) is 0 Å². The van der Waals surface area contributed by atoms with E-state index in [4.69, 9.17) is 11.6 Å².